The summed E-state index contributed by atoms with van der Waals surface area (Å²) in [4.78, 5) is 37.2. The summed E-state index contributed by atoms with van der Waals surface area (Å²) in [6.07, 6.45) is 0. The molecule has 0 aliphatic heterocycles. The van der Waals surface area contributed by atoms with Crippen molar-refractivity contribution in [1.82, 2.24) is 10.2 Å². The number of methoxy groups -OCH3 is 1. The van der Waals surface area contributed by atoms with Gasteiger partial charge in [0, 0.05) is 7.05 Å². The van der Waals surface area contributed by atoms with Crippen LogP contribution in [0.15, 0.2) is 24.3 Å². The molecule has 0 bridgehead atoms. The molecule has 0 heterocycles. The van der Waals surface area contributed by atoms with Crippen molar-refractivity contribution in [2.24, 2.45) is 5.92 Å². The zero-order valence-electron chi connectivity index (χ0n) is 14.6. The molecular formula is C17H24N2O5. The molecule has 7 nitrogen and oxygen atoms in total. The maximum atomic E-state index is 12.6. The van der Waals surface area contributed by atoms with Gasteiger partial charge in [0.15, 0.2) is 0 Å². The quantitative estimate of drug-likeness (QED) is 0.784. The van der Waals surface area contributed by atoms with Gasteiger partial charge in [0.1, 0.15) is 17.8 Å². The van der Waals surface area contributed by atoms with Crippen LogP contribution >= 0.6 is 0 Å². The third-order valence-corrected chi connectivity index (χ3v) is 3.86. The van der Waals surface area contributed by atoms with Crippen LogP contribution in [0.5, 0.6) is 5.75 Å². The number of para-hydroxylation sites is 1. The van der Waals surface area contributed by atoms with Crippen LogP contribution in [-0.2, 0) is 9.59 Å². The highest BCUT2D eigenvalue weighted by molar-refractivity contribution is 6.00. The average molecular weight is 336 g/mol. The fourth-order valence-electron chi connectivity index (χ4n) is 2.14. The molecule has 0 aromatic heterocycles. The van der Waals surface area contributed by atoms with E-state index in [4.69, 9.17) is 9.84 Å². The minimum Gasteiger partial charge on any atom is -0.496 e. The molecule has 7 heteroatoms. The number of nitrogens with zero attached hydrogens (tertiary/aromatic N) is 1. The molecule has 2 N–H and O–H groups in total. The fraction of sp³-hybridized carbons (Fsp3) is 0.471. The second-order valence-electron chi connectivity index (χ2n) is 5.86. The summed E-state index contributed by atoms with van der Waals surface area (Å²) in [5.74, 6) is -1.82. The first-order chi connectivity index (χ1) is 11.2. The number of likely N-dealkylation sites (N-methyl/N-ethyl adjacent to an activating group) is 1. The Kier molecular flexibility index (Phi) is 6.76. The molecule has 132 valence electrons. The zero-order chi connectivity index (χ0) is 18.4. The molecule has 1 rings (SSSR count). The van der Waals surface area contributed by atoms with Gasteiger partial charge >= 0.3 is 5.97 Å². The summed E-state index contributed by atoms with van der Waals surface area (Å²) in [7, 11) is 2.87. The first kappa shape index (κ1) is 19.5. The van der Waals surface area contributed by atoms with Gasteiger partial charge in [-0.15, -0.1) is 0 Å². The fourth-order valence-corrected chi connectivity index (χ4v) is 2.14. The van der Waals surface area contributed by atoms with Gasteiger partial charge in [-0.2, -0.15) is 0 Å². The van der Waals surface area contributed by atoms with Crippen LogP contribution < -0.4 is 10.1 Å². The summed E-state index contributed by atoms with van der Waals surface area (Å²) in [5, 5.41) is 11.7. The van der Waals surface area contributed by atoms with E-state index >= 15 is 0 Å². The van der Waals surface area contributed by atoms with Crippen molar-refractivity contribution in [2.75, 3.05) is 14.2 Å². The van der Waals surface area contributed by atoms with Crippen LogP contribution in [0.4, 0.5) is 0 Å². The topological polar surface area (TPSA) is 95.9 Å². The van der Waals surface area contributed by atoms with Crippen LogP contribution in [0.1, 0.15) is 31.1 Å². The van der Waals surface area contributed by atoms with Gasteiger partial charge in [-0.1, -0.05) is 26.0 Å². The number of amides is 2. The number of aliphatic carboxylic acids is 1. The highest BCUT2D eigenvalue weighted by atomic mass is 16.5. The van der Waals surface area contributed by atoms with E-state index in [0.717, 1.165) is 4.90 Å². The molecular weight excluding hydrogens is 312 g/mol. The van der Waals surface area contributed by atoms with Gasteiger partial charge in [-0.25, -0.2) is 4.79 Å². The van der Waals surface area contributed by atoms with Crippen molar-refractivity contribution < 1.29 is 24.2 Å². The summed E-state index contributed by atoms with van der Waals surface area (Å²) in [6.45, 7) is 4.98. The van der Waals surface area contributed by atoms with E-state index in [1.54, 1.807) is 38.1 Å². The Morgan fingerprint density at radius 3 is 2.25 bits per heavy atom. The third-order valence-electron chi connectivity index (χ3n) is 3.86. The highest BCUT2D eigenvalue weighted by Gasteiger charge is 2.31. The molecule has 2 amide bonds. The van der Waals surface area contributed by atoms with E-state index in [0.29, 0.717) is 11.3 Å². The molecule has 0 saturated carbocycles. The van der Waals surface area contributed by atoms with E-state index in [1.807, 2.05) is 0 Å². The Labute approximate surface area is 141 Å². The van der Waals surface area contributed by atoms with E-state index in [9.17, 15) is 14.4 Å². The lowest BCUT2D eigenvalue weighted by atomic mass is 10.0. The number of carboxylic acids is 1. The lowest BCUT2D eigenvalue weighted by molar-refractivity contribution is -0.149. The maximum Gasteiger partial charge on any atom is 0.326 e. The van der Waals surface area contributed by atoms with Gasteiger partial charge in [-0.3, -0.25) is 9.59 Å². The summed E-state index contributed by atoms with van der Waals surface area (Å²) in [6, 6.07) is 4.86. The largest absolute Gasteiger partial charge is 0.496 e. The van der Waals surface area contributed by atoms with E-state index in [1.165, 1.54) is 21.1 Å². The van der Waals surface area contributed by atoms with Crippen LogP contribution in [-0.4, -0.2) is 54.0 Å². The van der Waals surface area contributed by atoms with Crippen molar-refractivity contribution in [1.29, 1.82) is 0 Å². The molecule has 0 spiro atoms. The monoisotopic (exact) mass is 336 g/mol. The molecule has 2 atom stereocenters. The SMILES string of the molecule is COc1ccccc1C(=O)NC(C(=O)N(C)C(C)C(=O)O)C(C)C. The predicted molar refractivity (Wildman–Crippen MR) is 89.0 cm³/mol. The number of hydrogen-bond acceptors (Lipinski definition) is 4. The van der Waals surface area contributed by atoms with Crippen molar-refractivity contribution in [2.45, 2.75) is 32.9 Å². The summed E-state index contributed by atoms with van der Waals surface area (Å²) < 4.78 is 5.15. The van der Waals surface area contributed by atoms with Crippen LogP contribution in [0.3, 0.4) is 0 Å². The number of carbonyl (C=O) groups excluding carboxylic acids is 2. The predicted octanol–water partition coefficient (Wildman–Crippen LogP) is 1.38. The maximum absolute atomic E-state index is 12.6. The zero-order valence-corrected chi connectivity index (χ0v) is 14.6. The standard InChI is InChI=1S/C17H24N2O5/c1-10(2)14(16(21)19(4)11(3)17(22)23)18-15(20)12-8-6-7-9-13(12)24-5/h6-11,14H,1-5H3,(H,18,20)(H,22,23). The smallest absolute Gasteiger partial charge is 0.326 e. The van der Waals surface area contributed by atoms with Gasteiger partial charge in [-0.05, 0) is 25.0 Å². The second kappa shape index (κ2) is 8.33. The van der Waals surface area contributed by atoms with Gasteiger partial charge in [0.05, 0.1) is 12.7 Å². The minimum absolute atomic E-state index is 0.209. The first-order valence-corrected chi connectivity index (χ1v) is 7.64. The van der Waals surface area contributed by atoms with Crippen molar-refractivity contribution in [3.8, 4) is 5.75 Å². The number of nitrogens with one attached hydrogen (secondary N) is 1. The number of ether oxygens (including phenoxy) is 1. The molecule has 0 aliphatic rings. The number of rotatable bonds is 7. The molecule has 1 aromatic rings. The van der Waals surface area contributed by atoms with Crippen molar-refractivity contribution >= 4 is 17.8 Å². The second-order valence-corrected chi connectivity index (χ2v) is 5.86. The number of carbonyl (C=O) groups is 3. The Morgan fingerprint density at radius 2 is 1.75 bits per heavy atom. The van der Waals surface area contributed by atoms with Crippen LogP contribution in [0.2, 0.25) is 0 Å². The molecule has 24 heavy (non-hydrogen) atoms. The molecule has 0 saturated heterocycles. The Balaban J connectivity index is 2.99. The number of hydrogen-bond donors (Lipinski definition) is 2. The highest BCUT2D eigenvalue weighted by Crippen LogP contribution is 2.18. The Hall–Kier alpha value is -2.57. The molecule has 0 aliphatic carbocycles. The Bertz CT molecular complexity index is 615. The van der Waals surface area contributed by atoms with Crippen LogP contribution in [0.25, 0.3) is 0 Å². The molecule has 0 fully saturated rings. The van der Waals surface area contributed by atoms with Crippen molar-refractivity contribution in [3.63, 3.8) is 0 Å². The number of carboxylic acid groups (broad SMARTS) is 1. The number of benzene rings is 1. The third kappa shape index (κ3) is 4.47. The van der Waals surface area contributed by atoms with Gasteiger partial charge in [0.25, 0.3) is 5.91 Å². The van der Waals surface area contributed by atoms with Crippen molar-refractivity contribution in [3.05, 3.63) is 29.8 Å². The minimum atomic E-state index is -1.11. The molecule has 2 unspecified atom stereocenters. The first-order valence-electron chi connectivity index (χ1n) is 7.64. The lowest BCUT2D eigenvalue weighted by Gasteiger charge is -2.29. The van der Waals surface area contributed by atoms with E-state index in [-0.39, 0.29) is 5.92 Å². The van der Waals surface area contributed by atoms with Crippen LogP contribution in [0, 0.1) is 5.92 Å². The molecule has 1 aromatic carbocycles. The van der Waals surface area contributed by atoms with E-state index in [2.05, 4.69) is 5.32 Å². The van der Waals surface area contributed by atoms with Gasteiger partial charge < -0.3 is 20.1 Å². The lowest BCUT2D eigenvalue weighted by Crippen LogP contribution is -2.53. The average Bonchev–Trinajstić information content (AvgIpc) is 2.56. The summed E-state index contributed by atoms with van der Waals surface area (Å²) in [5.41, 5.74) is 0.312. The Morgan fingerprint density at radius 1 is 1.17 bits per heavy atom. The van der Waals surface area contributed by atoms with E-state index < -0.39 is 29.9 Å². The van der Waals surface area contributed by atoms with Gasteiger partial charge in [0.2, 0.25) is 5.91 Å². The summed E-state index contributed by atoms with van der Waals surface area (Å²) >= 11 is 0. The normalized spacial score (nSPS) is 13.1. The molecule has 0 radical (unpaired) electrons.